The van der Waals surface area contributed by atoms with E-state index in [4.69, 9.17) is 4.52 Å². The van der Waals surface area contributed by atoms with Crippen LogP contribution in [0, 0.1) is 0 Å². The summed E-state index contributed by atoms with van der Waals surface area (Å²) >= 11 is 0. The average molecular weight is 300 g/mol. The van der Waals surface area contributed by atoms with E-state index in [0.29, 0.717) is 24.2 Å². The molecular formula is C16H20N4O2. The summed E-state index contributed by atoms with van der Waals surface area (Å²) < 4.78 is 5.31. The van der Waals surface area contributed by atoms with Crippen LogP contribution in [0.15, 0.2) is 29.0 Å². The summed E-state index contributed by atoms with van der Waals surface area (Å²) in [6.07, 6.45) is 6.86. The van der Waals surface area contributed by atoms with Crippen molar-refractivity contribution in [1.82, 2.24) is 20.4 Å². The van der Waals surface area contributed by atoms with Crippen molar-refractivity contribution in [3.63, 3.8) is 0 Å². The minimum atomic E-state index is -0.0552. The molecule has 3 rings (SSSR count). The van der Waals surface area contributed by atoms with E-state index in [1.165, 1.54) is 5.56 Å². The largest absolute Gasteiger partial charge is 0.356 e. The number of rotatable bonds is 7. The lowest BCUT2D eigenvalue weighted by Gasteiger charge is -2.00. The van der Waals surface area contributed by atoms with Crippen molar-refractivity contribution in [2.24, 2.45) is 0 Å². The van der Waals surface area contributed by atoms with E-state index in [0.717, 1.165) is 19.3 Å². The van der Waals surface area contributed by atoms with Crippen LogP contribution in [-0.2, 0) is 11.2 Å². The maximum Gasteiger partial charge on any atom is 0.230 e. The molecule has 0 bridgehead atoms. The van der Waals surface area contributed by atoms with Crippen molar-refractivity contribution in [2.75, 3.05) is 6.54 Å². The van der Waals surface area contributed by atoms with Gasteiger partial charge in [-0.25, -0.2) is 0 Å². The fourth-order valence-electron chi connectivity index (χ4n) is 2.53. The molecule has 0 aliphatic heterocycles. The lowest BCUT2D eigenvalue weighted by Crippen LogP contribution is -2.26. The molecule has 22 heavy (non-hydrogen) atoms. The lowest BCUT2D eigenvalue weighted by molar-refractivity contribution is -0.120. The Balaban J connectivity index is 1.53. The van der Waals surface area contributed by atoms with Gasteiger partial charge in [0.15, 0.2) is 5.82 Å². The third-order valence-corrected chi connectivity index (χ3v) is 3.88. The van der Waals surface area contributed by atoms with Gasteiger partial charge in [0, 0.05) is 24.9 Å². The van der Waals surface area contributed by atoms with Crippen LogP contribution in [0.4, 0.5) is 0 Å². The molecule has 6 heteroatoms. The van der Waals surface area contributed by atoms with Gasteiger partial charge in [-0.1, -0.05) is 24.6 Å². The van der Waals surface area contributed by atoms with Crippen LogP contribution in [0.3, 0.4) is 0 Å². The maximum absolute atomic E-state index is 11.7. The van der Waals surface area contributed by atoms with Crippen molar-refractivity contribution < 1.29 is 9.32 Å². The van der Waals surface area contributed by atoms with E-state index in [1.807, 2.05) is 12.3 Å². The molecule has 6 nitrogen and oxygen atoms in total. The Morgan fingerprint density at radius 2 is 2.36 bits per heavy atom. The topological polar surface area (TPSA) is 80.9 Å². The Morgan fingerprint density at radius 3 is 3.14 bits per heavy atom. The average Bonchev–Trinajstić information content (AvgIpc) is 3.21. The first kappa shape index (κ1) is 14.7. The van der Waals surface area contributed by atoms with Gasteiger partial charge in [0.2, 0.25) is 11.8 Å². The SMILES string of the molecule is CCCCNC(=O)Cc1noc([C@@H]2C[C@H]2c2cccnc2)n1. The van der Waals surface area contributed by atoms with Crippen molar-refractivity contribution in [1.29, 1.82) is 0 Å². The van der Waals surface area contributed by atoms with Crippen LogP contribution in [0.5, 0.6) is 0 Å². The highest BCUT2D eigenvalue weighted by atomic mass is 16.5. The zero-order valence-electron chi connectivity index (χ0n) is 12.7. The maximum atomic E-state index is 11.7. The zero-order chi connectivity index (χ0) is 15.4. The van der Waals surface area contributed by atoms with Crippen LogP contribution < -0.4 is 5.32 Å². The molecule has 1 fully saturated rings. The van der Waals surface area contributed by atoms with Gasteiger partial charge in [0.25, 0.3) is 0 Å². The van der Waals surface area contributed by atoms with Gasteiger partial charge in [-0.2, -0.15) is 4.98 Å². The molecule has 1 aliphatic rings. The molecule has 0 saturated heterocycles. The number of nitrogens with zero attached hydrogens (tertiary/aromatic N) is 3. The van der Waals surface area contributed by atoms with Crippen LogP contribution in [-0.4, -0.2) is 27.6 Å². The van der Waals surface area contributed by atoms with E-state index < -0.39 is 0 Å². The van der Waals surface area contributed by atoms with Crippen molar-refractivity contribution in [2.45, 2.75) is 44.4 Å². The number of aromatic nitrogens is 3. The van der Waals surface area contributed by atoms with Crippen molar-refractivity contribution in [3.05, 3.63) is 41.8 Å². The normalized spacial score (nSPS) is 19.9. The molecule has 2 heterocycles. The second-order valence-electron chi connectivity index (χ2n) is 5.66. The Labute approximate surface area is 129 Å². The molecule has 1 aliphatic carbocycles. The molecule has 1 saturated carbocycles. The van der Waals surface area contributed by atoms with Gasteiger partial charge in [0.1, 0.15) is 0 Å². The summed E-state index contributed by atoms with van der Waals surface area (Å²) in [6.45, 7) is 2.79. The quantitative estimate of drug-likeness (QED) is 0.793. The Bertz CT molecular complexity index is 626. The number of hydrogen-bond acceptors (Lipinski definition) is 5. The first-order valence-electron chi connectivity index (χ1n) is 7.77. The van der Waals surface area contributed by atoms with Crippen molar-refractivity contribution in [3.8, 4) is 0 Å². The molecule has 0 radical (unpaired) electrons. The minimum absolute atomic E-state index is 0.0552. The molecule has 2 aromatic heterocycles. The number of amides is 1. The first-order valence-corrected chi connectivity index (χ1v) is 7.77. The lowest BCUT2D eigenvalue weighted by atomic mass is 10.1. The van der Waals surface area contributed by atoms with Crippen LogP contribution in [0.2, 0.25) is 0 Å². The molecule has 0 unspecified atom stereocenters. The second kappa shape index (κ2) is 6.68. The molecule has 2 aromatic rings. The number of pyridine rings is 1. The highest BCUT2D eigenvalue weighted by Crippen LogP contribution is 2.53. The monoisotopic (exact) mass is 300 g/mol. The predicted molar refractivity (Wildman–Crippen MR) is 80.3 cm³/mol. The summed E-state index contributed by atoms with van der Waals surface area (Å²) in [5, 5.41) is 6.76. The van der Waals surface area contributed by atoms with E-state index in [9.17, 15) is 4.79 Å². The Hall–Kier alpha value is -2.24. The zero-order valence-corrected chi connectivity index (χ0v) is 12.7. The van der Waals surface area contributed by atoms with Gasteiger partial charge in [-0.3, -0.25) is 9.78 Å². The minimum Gasteiger partial charge on any atom is -0.356 e. The van der Waals surface area contributed by atoms with Crippen LogP contribution in [0.1, 0.15) is 55.3 Å². The number of nitrogens with one attached hydrogen (secondary N) is 1. The van der Waals surface area contributed by atoms with Gasteiger partial charge in [-0.05, 0) is 30.4 Å². The summed E-state index contributed by atoms with van der Waals surface area (Å²) in [5.74, 6) is 1.69. The fourth-order valence-corrected chi connectivity index (χ4v) is 2.53. The highest BCUT2D eigenvalue weighted by molar-refractivity contribution is 5.77. The van der Waals surface area contributed by atoms with Crippen molar-refractivity contribution >= 4 is 5.91 Å². The van der Waals surface area contributed by atoms with Gasteiger partial charge in [0.05, 0.1) is 6.42 Å². The number of unbranched alkanes of at least 4 members (excludes halogenated alkanes) is 1. The van der Waals surface area contributed by atoms with Gasteiger partial charge < -0.3 is 9.84 Å². The molecule has 2 atom stereocenters. The van der Waals surface area contributed by atoms with E-state index in [1.54, 1.807) is 6.20 Å². The molecule has 116 valence electrons. The van der Waals surface area contributed by atoms with Gasteiger partial charge >= 0.3 is 0 Å². The molecule has 1 amide bonds. The number of hydrogen-bond donors (Lipinski definition) is 1. The Morgan fingerprint density at radius 1 is 1.45 bits per heavy atom. The van der Waals surface area contributed by atoms with E-state index >= 15 is 0 Å². The summed E-state index contributed by atoms with van der Waals surface area (Å²) in [6, 6.07) is 4.00. The second-order valence-corrected chi connectivity index (χ2v) is 5.66. The summed E-state index contributed by atoms with van der Waals surface area (Å²) in [7, 11) is 0. The molecule has 0 aromatic carbocycles. The summed E-state index contributed by atoms with van der Waals surface area (Å²) in [4.78, 5) is 20.2. The predicted octanol–water partition coefficient (Wildman–Crippen LogP) is 2.19. The number of carbonyl (C=O) groups is 1. The molecular weight excluding hydrogens is 280 g/mol. The molecule has 1 N–H and O–H groups in total. The van der Waals surface area contributed by atoms with E-state index in [-0.39, 0.29) is 18.2 Å². The first-order chi connectivity index (χ1) is 10.8. The van der Waals surface area contributed by atoms with E-state index in [2.05, 4.69) is 33.4 Å². The standard InChI is InChI=1S/C16H20N4O2/c1-2-3-7-18-15(21)9-14-19-16(22-20-14)13-8-12(13)11-5-4-6-17-10-11/h4-6,10,12-13H,2-3,7-9H2,1H3,(H,18,21)/t12-,13+/m0/s1. The van der Waals surface area contributed by atoms with Crippen LogP contribution in [0.25, 0.3) is 0 Å². The molecule has 0 spiro atoms. The fraction of sp³-hybridized carbons (Fsp3) is 0.500. The third kappa shape index (κ3) is 3.50. The third-order valence-electron chi connectivity index (χ3n) is 3.88. The number of carbonyl (C=O) groups excluding carboxylic acids is 1. The highest BCUT2D eigenvalue weighted by Gasteiger charge is 2.43. The Kier molecular flexibility index (Phi) is 4.46. The van der Waals surface area contributed by atoms with Crippen LogP contribution >= 0.6 is 0 Å². The summed E-state index contributed by atoms with van der Waals surface area (Å²) in [5.41, 5.74) is 1.20. The smallest absolute Gasteiger partial charge is 0.230 e. The van der Waals surface area contributed by atoms with Gasteiger partial charge in [-0.15, -0.1) is 0 Å².